The van der Waals surface area contributed by atoms with Crippen LogP contribution in [-0.2, 0) is 9.53 Å². The number of thioether (sulfide) groups is 1. The average Bonchev–Trinajstić information content (AvgIpc) is 2.49. The third kappa shape index (κ3) is 4.70. The van der Waals surface area contributed by atoms with Crippen LogP contribution in [0.1, 0.15) is 0 Å². The van der Waals surface area contributed by atoms with Crippen molar-refractivity contribution in [2.75, 3.05) is 12.4 Å². The maximum Gasteiger partial charge on any atom is 0.329 e. The van der Waals surface area contributed by atoms with E-state index in [0.717, 1.165) is 17.8 Å². The summed E-state index contributed by atoms with van der Waals surface area (Å²) in [6.07, 6.45) is 0. The van der Waals surface area contributed by atoms with Crippen LogP contribution >= 0.6 is 11.8 Å². The van der Waals surface area contributed by atoms with Gasteiger partial charge in [-0.3, -0.25) is 4.79 Å². The molecule has 1 saturated heterocycles. The summed E-state index contributed by atoms with van der Waals surface area (Å²) in [7, 11) is -1.15. The number of carbonyl (C=O) groups excluding carboxylic acids is 2. The van der Waals surface area contributed by atoms with Gasteiger partial charge in [0, 0.05) is 13.8 Å². The minimum absolute atomic E-state index is 0.137. The zero-order valence-electron chi connectivity index (χ0n) is 9.33. The van der Waals surface area contributed by atoms with Crippen LogP contribution in [0.5, 0.6) is 0 Å². The van der Waals surface area contributed by atoms with Gasteiger partial charge in [-0.2, -0.15) is 0 Å². The lowest BCUT2D eigenvalue weighted by molar-refractivity contribution is -0.144. The van der Waals surface area contributed by atoms with Crippen LogP contribution < -0.4 is 5.32 Å². The predicted octanol–water partition coefficient (Wildman–Crippen LogP) is 1.69. The molecule has 1 heterocycles. The number of ether oxygens (including phenoxy) is 1. The zero-order valence-corrected chi connectivity index (χ0v) is 11.1. The summed E-state index contributed by atoms with van der Waals surface area (Å²) in [4.78, 5) is 22.3. The van der Waals surface area contributed by atoms with Crippen LogP contribution in [0, 0.1) is 0 Å². The van der Waals surface area contributed by atoms with E-state index in [1.807, 2.05) is 0 Å². The van der Waals surface area contributed by atoms with Gasteiger partial charge in [0.05, 0.1) is 6.61 Å². The summed E-state index contributed by atoms with van der Waals surface area (Å²) in [5.74, 6) is 0.191. The molecule has 0 aromatic heterocycles. The molecule has 0 spiro atoms. The molecule has 6 heteroatoms. The standard InChI is InChI=1S/C9H17NO3SSi/c1-15(2,3)5-4-13-8(11)7-6-14-9(12)10-7/h7H,4-6H2,1-3H3,(H,10,12)/t7-/m0/s1. The highest BCUT2D eigenvalue weighted by Gasteiger charge is 2.29. The van der Waals surface area contributed by atoms with Crippen molar-refractivity contribution in [1.29, 1.82) is 0 Å². The molecular formula is C9H17NO3SSi. The number of hydrogen-bond acceptors (Lipinski definition) is 4. The van der Waals surface area contributed by atoms with Crippen molar-refractivity contribution in [3.05, 3.63) is 0 Å². The number of esters is 1. The van der Waals surface area contributed by atoms with Crippen LogP contribution in [0.15, 0.2) is 0 Å². The SMILES string of the molecule is C[Si](C)(C)CCOC(=O)[C@@H]1CSC(=O)N1. The molecule has 86 valence electrons. The second-order valence-corrected chi connectivity index (χ2v) is 11.4. The Hall–Kier alpha value is -0.493. The molecule has 1 N–H and O–H groups in total. The molecule has 1 rings (SSSR count). The number of carbonyl (C=O) groups is 2. The van der Waals surface area contributed by atoms with Gasteiger partial charge in [-0.1, -0.05) is 31.4 Å². The van der Waals surface area contributed by atoms with Crippen LogP contribution in [0.3, 0.4) is 0 Å². The van der Waals surface area contributed by atoms with Gasteiger partial charge in [0.25, 0.3) is 5.24 Å². The number of hydrogen-bond donors (Lipinski definition) is 1. The lowest BCUT2D eigenvalue weighted by Gasteiger charge is -2.16. The Morgan fingerprint density at radius 2 is 2.27 bits per heavy atom. The van der Waals surface area contributed by atoms with Crippen molar-refractivity contribution < 1.29 is 14.3 Å². The lowest BCUT2D eigenvalue weighted by atomic mass is 10.3. The largest absolute Gasteiger partial charge is 0.464 e. The molecule has 0 bridgehead atoms. The van der Waals surface area contributed by atoms with Gasteiger partial charge in [-0.15, -0.1) is 0 Å². The van der Waals surface area contributed by atoms with Gasteiger partial charge in [0.2, 0.25) is 0 Å². The van der Waals surface area contributed by atoms with E-state index in [2.05, 4.69) is 25.0 Å². The Kier molecular flexibility index (Phi) is 4.21. The fraction of sp³-hybridized carbons (Fsp3) is 0.778. The summed E-state index contributed by atoms with van der Waals surface area (Å²) in [6.45, 7) is 7.17. The first-order valence-electron chi connectivity index (χ1n) is 4.98. The van der Waals surface area contributed by atoms with Gasteiger partial charge in [-0.05, 0) is 6.04 Å². The molecule has 1 atom stereocenters. The highest BCUT2D eigenvalue weighted by molar-refractivity contribution is 8.14. The second-order valence-electron chi connectivity index (χ2n) is 4.77. The molecule has 0 unspecified atom stereocenters. The van der Waals surface area contributed by atoms with Gasteiger partial charge in [-0.25, -0.2) is 4.79 Å². The number of rotatable bonds is 4. The Morgan fingerprint density at radius 3 is 2.73 bits per heavy atom. The fourth-order valence-electron chi connectivity index (χ4n) is 1.07. The quantitative estimate of drug-likeness (QED) is 0.607. The Bertz CT molecular complexity index is 265. The lowest BCUT2D eigenvalue weighted by Crippen LogP contribution is -2.36. The third-order valence-corrected chi connectivity index (χ3v) is 4.64. The van der Waals surface area contributed by atoms with Crippen LogP contribution in [-0.4, -0.2) is 37.7 Å². The molecule has 15 heavy (non-hydrogen) atoms. The van der Waals surface area contributed by atoms with E-state index in [1.54, 1.807) is 0 Å². The van der Waals surface area contributed by atoms with Crippen molar-refractivity contribution in [2.24, 2.45) is 0 Å². The number of amides is 1. The Labute approximate surface area is 95.1 Å². The van der Waals surface area contributed by atoms with Crippen molar-refractivity contribution in [1.82, 2.24) is 5.32 Å². The molecule has 0 aromatic rings. The van der Waals surface area contributed by atoms with Crippen molar-refractivity contribution in [2.45, 2.75) is 31.7 Å². The summed E-state index contributed by atoms with van der Waals surface area (Å²) >= 11 is 1.13. The van der Waals surface area contributed by atoms with E-state index < -0.39 is 14.1 Å². The molecule has 0 aromatic carbocycles. The third-order valence-electron chi connectivity index (χ3n) is 2.05. The summed E-state index contributed by atoms with van der Waals surface area (Å²) < 4.78 is 5.12. The van der Waals surface area contributed by atoms with E-state index >= 15 is 0 Å². The molecule has 0 aliphatic carbocycles. The van der Waals surface area contributed by atoms with Crippen LogP contribution in [0.4, 0.5) is 4.79 Å². The van der Waals surface area contributed by atoms with Gasteiger partial charge in [0.1, 0.15) is 6.04 Å². The Balaban J connectivity index is 2.22. The maximum absolute atomic E-state index is 11.4. The minimum atomic E-state index is -1.15. The van der Waals surface area contributed by atoms with Crippen LogP contribution in [0.25, 0.3) is 0 Å². The first kappa shape index (κ1) is 12.6. The van der Waals surface area contributed by atoms with E-state index in [0.29, 0.717) is 12.4 Å². The van der Waals surface area contributed by atoms with E-state index in [9.17, 15) is 9.59 Å². The highest BCUT2D eigenvalue weighted by Crippen LogP contribution is 2.14. The van der Waals surface area contributed by atoms with Crippen molar-refractivity contribution >= 4 is 31.0 Å². The van der Waals surface area contributed by atoms with E-state index in [1.165, 1.54) is 0 Å². The summed E-state index contributed by atoms with van der Waals surface area (Å²) in [5, 5.41) is 2.43. The molecule has 0 saturated carbocycles. The second kappa shape index (κ2) is 5.02. The molecule has 1 aliphatic rings. The van der Waals surface area contributed by atoms with Gasteiger partial charge < -0.3 is 10.1 Å². The van der Waals surface area contributed by atoms with Gasteiger partial charge >= 0.3 is 5.97 Å². The monoisotopic (exact) mass is 247 g/mol. The fourth-order valence-corrected chi connectivity index (χ4v) is 2.55. The normalized spacial score (nSPS) is 21.3. The first-order chi connectivity index (χ1) is 6.88. The average molecular weight is 247 g/mol. The molecular weight excluding hydrogens is 230 g/mol. The van der Waals surface area contributed by atoms with Gasteiger partial charge in [0.15, 0.2) is 0 Å². The highest BCUT2D eigenvalue weighted by atomic mass is 32.2. The maximum atomic E-state index is 11.4. The summed E-state index contributed by atoms with van der Waals surface area (Å²) in [5.41, 5.74) is 0. The number of nitrogens with one attached hydrogen (secondary N) is 1. The van der Waals surface area contributed by atoms with E-state index in [-0.39, 0.29) is 11.2 Å². The topological polar surface area (TPSA) is 55.4 Å². The molecule has 1 amide bonds. The smallest absolute Gasteiger partial charge is 0.329 e. The molecule has 4 nitrogen and oxygen atoms in total. The predicted molar refractivity (Wildman–Crippen MR) is 63.9 cm³/mol. The molecule has 1 fully saturated rings. The zero-order chi connectivity index (χ0) is 11.5. The molecule has 1 aliphatic heterocycles. The Morgan fingerprint density at radius 1 is 1.60 bits per heavy atom. The molecule has 0 radical (unpaired) electrons. The van der Waals surface area contributed by atoms with Crippen LogP contribution in [0.2, 0.25) is 25.7 Å². The summed E-state index contributed by atoms with van der Waals surface area (Å²) in [6, 6.07) is 0.524. The first-order valence-corrected chi connectivity index (χ1v) is 9.68. The van der Waals surface area contributed by atoms with Crippen molar-refractivity contribution in [3.8, 4) is 0 Å². The van der Waals surface area contributed by atoms with E-state index in [4.69, 9.17) is 4.74 Å². The minimum Gasteiger partial charge on any atom is -0.464 e. The van der Waals surface area contributed by atoms with Crippen molar-refractivity contribution in [3.63, 3.8) is 0 Å².